The Balaban J connectivity index is 1.57. The van der Waals surface area contributed by atoms with Gasteiger partial charge in [-0.3, -0.25) is 9.59 Å². The Bertz CT molecular complexity index is 669. The third kappa shape index (κ3) is 4.37. The standard InChI is InChI=1S/C19H26ClN3O3/c1-13-12-22(19(25)18-14(2)26-9-6-21-18)7-8-23(13)17(24)11-15-4-3-5-16(20)10-15/h3-5,10,13-14,18,21H,6-9,11-12H2,1-2H3/t13?,14-,18+/m1/s1. The first kappa shape index (κ1) is 19.1. The molecule has 2 fully saturated rings. The Morgan fingerprint density at radius 2 is 2.12 bits per heavy atom. The fourth-order valence-corrected chi connectivity index (χ4v) is 3.87. The Labute approximate surface area is 159 Å². The largest absolute Gasteiger partial charge is 0.375 e. The molecular weight excluding hydrogens is 354 g/mol. The minimum Gasteiger partial charge on any atom is -0.375 e. The monoisotopic (exact) mass is 379 g/mol. The van der Waals surface area contributed by atoms with Crippen LogP contribution >= 0.6 is 11.6 Å². The molecule has 2 saturated heterocycles. The molecule has 26 heavy (non-hydrogen) atoms. The normalized spacial score (nSPS) is 26.7. The highest BCUT2D eigenvalue weighted by Crippen LogP contribution is 2.17. The van der Waals surface area contributed by atoms with Crippen LogP contribution in [0.25, 0.3) is 0 Å². The molecule has 2 heterocycles. The van der Waals surface area contributed by atoms with E-state index in [-0.39, 0.29) is 30.0 Å². The van der Waals surface area contributed by atoms with Gasteiger partial charge in [-0.05, 0) is 31.5 Å². The molecule has 1 unspecified atom stereocenters. The molecule has 2 aliphatic rings. The van der Waals surface area contributed by atoms with Gasteiger partial charge in [-0.15, -0.1) is 0 Å². The fraction of sp³-hybridized carbons (Fsp3) is 0.579. The van der Waals surface area contributed by atoms with Crippen molar-refractivity contribution in [3.8, 4) is 0 Å². The predicted octanol–water partition coefficient (Wildman–Crippen LogP) is 1.32. The van der Waals surface area contributed by atoms with Crippen LogP contribution in [0.1, 0.15) is 19.4 Å². The van der Waals surface area contributed by atoms with Crippen molar-refractivity contribution in [1.29, 1.82) is 0 Å². The Morgan fingerprint density at radius 3 is 2.81 bits per heavy atom. The SMILES string of the molecule is CC1CN(C(=O)[C@H]2NCCO[C@@H]2C)CCN1C(=O)Cc1cccc(Cl)c1. The Hall–Kier alpha value is -1.63. The highest BCUT2D eigenvalue weighted by atomic mass is 35.5. The van der Waals surface area contributed by atoms with E-state index in [1.54, 1.807) is 6.07 Å². The number of ether oxygens (including phenoxy) is 1. The van der Waals surface area contributed by atoms with Gasteiger partial charge in [0.15, 0.2) is 0 Å². The van der Waals surface area contributed by atoms with E-state index in [1.165, 1.54) is 0 Å². The molecule has 1 aromatic rings. The van der Waals surface area contributed by atoms with Crippen LogP contribution in [0.2, 0.25) is 5.02 Å². The molecule has 0 saturated carbocycles. The lowest BCUT2D eigenvalue weighted by Crippen LogP contribution is -2.62. The van der Waals surface area contributed by atoms with Crippen molar-refractivity contribution in [3.63, 3.8) is 0 Å². The van der Waals surface area contributed by atoms with E-state index in [9.17, 15) is 9.59 Å². The van der Waals surface area contributed by atoms with Crippen molar-refractivity contribution in [3.05, 3.63) is 34.9 Å². The summed E-state index contributed by atoms with van der Waals surface area (Å²) in [6.07, 6.45) is 0.197. The van der Waals surface area contributed by atoms with Crippen molar-refractivity contribution < 1.29 is 14.3 Å². The number of halogens is 1. The molecule has 0 aliphatic carbocycles. The van der Waals surface area contributed by atoms with Gasteiger partial charge in [-0.2, -0.15) is 0 Å². The van der Waals surface area contributed by atoms with Crippen LogP contribution in [0.5, 0.6) is 0 Å². The first-order valence-corrected chi connectivity index (χ1v) is 9.51. The second-order valence-electron chi connectivity index (χ2n) is 7.03. The quantitative estimate of drug-likeness (QED) is 0.860. The molecule has 0 aromatic heterocycles. The average molecular weight is 380 g/mol. The van der Waals surface area contributed by atoms with Gasteiger partial charge >= 0.3 is 0 Å². The molecule has 1 N–H and O–H groups in total. The number of nitrogens with zero attached hydrogens (tertiary/aromatic N) is 2. The number of hydrogen-bond donors (Lipinski definition) is 1. The van der Waals surface area contributed by atoms with Crippen molar-refractivity contribution >= 4 is 23.4 Å². The minimum absolute atomic E-state index is 0.0146. The molecule has 2 aliphatic heterocycles. The van der Waals surface area contributed by atoms with Crippen LogP contribution < -0.4 is 5.32 Å². The van der Waals surface area contributed by atoms with Crippen LogP contribution in [-0.4, -0.2) is 72.6 Å². The summed E-state index contributed by atoms with van der Waals surface area (Å²) in [6.45, 7) is 6.88. The van der Waals surface area contributed by atoms with Gasteiger partial charge in [-0.1, -0.05) is 23.7 Å². The molecule has 2 amide bonds. The van der Waals surface area contributed by atoms with Gasteiger partial charge in [-0.25, -0.2) is 0 Å². The van der Waals surface area contributed by atoms with Gasteiger partial charge in [0.1, 0.15) is 6.04 Å². The van der Waals surface area contributed by atoms with Gasteiger partial charge in [0.05, 0.1) is 19.1 Å². The maximum Gasteiger partial charge on any atom is 0.242 e. The number of carbonyl (C=O) groups excluding carboxylic acids is 2. The number of carbonyl (C=O) groups is 2. The zero-order valence-electron chi connectivity index (χ0n) is 15.3. The van der Waals surface area contributed by atoms with Crippen LogP contribution in [0.3, 0.4) is 0 Å². The molecule has 142 valence electrons. The summed E-state index contributed by atoms with van der Waals surface area (Å²) >= 11 is 6.00. The lowest BCUT2D eigenvalue weighted by atomic mass is 10.1. The molecule has 3 atom stereocenters. The Morgan fingerprint density at radius 1 is 1.31 bits per heavy atom. The highest BCUT2D eigenvalue weighted by Gasteiger charge is 2.36. The summed E-state index contributed by atoms with van der Waals surface area (Å²) in [5, 5.41) is 3.88. The van der Waals surface area contributed by atoms with E-state index < -0.39 is 0 Å². The zero-order chi connectivity index (χ0) is 18.7. The summed E-state index contributed by atoms with van der Waals surface area (Å²) in [7, 11) is 0. The van der Waals surface area contributed by atoms with Gasteiger partial charge in [0.2, 0.25) is 11.8 Å². The summed E-state index contributed by atoms with van der Waals surface area (Å²) in [4.78, 5) is 29.1. The molecule has 0 radical (unpaired) electrons. The number of piperazine rings is 1. The summed E-state index contributed by atoms with van der Waals surface area (Å²) in [5.41, 5.74) is 0.908. The number of rotatable bonds is 3. The number of nitrogens with one attached hydrogen (secondary N) is 1. The summed E-state index contributed by atoms with van der Waals surface area (Å²) < 4.78 is 5.58. The van der Waals surface area contributed by atoms with E-state index in [0.717, 1.165) is 5.56 Å². The average Bonchev–Trinajstić information content (AvgIpc) is 2.61. The molecule has 3 rings (SSSR count). The maximum absolute atomic E-state index is 12.8. The fourth-order valence-electron chi connectivity index (χ4n) is 3.66. The number of hydrogen-bond acceptors (Lipinski definition) is 4. The maximum atomic E-state index is 12.8. The van der Waals surface area contributed by atoms with Crippen LogP contribution in [-0.2, 0) is 20.7 Å². The second-order valence-corrected chi connectivity index (χ2v) is 7.47. The van der Waals surface area contributed by atoms with Crippen LogP contribution in [0.4, 0.5) is 0 Å². The lowest BCUT2D eigenvalue weighted by Gasteiger charge is -2.42. The van der Waals surface area contributed by atoms with Crippen molar-refractivity contribution in [2.45, 2.75) is 38.5 Å². The molecule has 7 heteroatoms. The molecule has 1 aromatic carbocycles. The summed E-state index contributed by atoms with van der Waals surface area (Å²) in [5.74, 6) is 0.130. The third-order valence-corrected chi connectivity index (χ3v) is 5.32. The number of morpholine rings is 1. The van der Waals surface area contributed by atoms with Gasteiger partial charge < -0.3 is 19.9 Å². The molecule has 0 bridgehead atoms. The van der Waals surface area contributed by atoms with E-state index in [1.807, 2.05) is 41.8 Å². The molecule has 6 nitrogen and oxygen atoms in total. The van der Waals surface area contributed by atoms with Gasteiger partial charge in [0, 0.05) is 37.2 Å². The second kappa shape index (κ2) is 8.37. The first-order valence-electron chi connectivity index (χ1n) is 9.13. The van der Waals surface area contributed by atoms with Gasteiger partial charge in [0.25, 0.3) is 0 Å². The zero-order valence-corrected chi connectivity index (χ0v) is 16.0. The first-order chi connectivity index (χ1) is 12.5. The lowest BCUT2D eigenvalue weighted by molar-refractivity contribution is -0.147. The minimum atomic E-state index is -0.301. The molecular formula is C19H26ClN3O3. The smallest absolute Gasteiger partial charge is 0.242 e. The number of benzene rings is 1. The topological polar surface area (TPSA) is 61.9 Å². The third-order valence-electron chi connectivity index (χ3n) is 5.09. The van der Waals surface area contributed by atoms with Crippen molar-refractivity contribution in [1.82, 2.24) is 15.1 Å². The Kier molecular flexibility index (Phi) is 6.16. The molecule has 0 spiro atoms. The van der Waals surface area contributed by atoms with E-state index in [2.05, 4.69) is 5.32 Å². The van der Waals surface area contributed by atoms with Crippen LogP contribution in [0, 0.1) is 0 Å². The van der Waals surface area contributed by atoms with E-state index in [0.29, 0.717) is 44.2 Å². The van der Waals surface area contributed by atoms with Crippen LogP contribution in [0.15, 0.2) is 24.3 Å². The highest BCUT2D eigenvalue weighted by molar-refractivity contribution is 6.30. The number of amides is 2. The van der Waals surface area contributed by atoms with E-state index >= 15 is 0 Å². The van der Waals surface area contributed by atoms with Crippen molar-refractivity contribution in [2.24, 2.45) is 0 Å². The summed E-state index contributed by atoms with van der Waals surface area (Å²) in [6, 6.07) is 7.06. The predicted molar refractivity (Wildman–Crippen MR) is 100 cm³/mol. The van der Waals surface area contributed by atoms with E-state index in [4.69, 9.17) is 16.3 Å². The van der Waals surface area contributed by atoms with Crippen molar-refractivity contribution in [2.75, 3.05) is 32.8 Å².